The minimum absolute atomic E-state index is 0.0906. The van der Waals surface area contributed by atoms with Gasteiger partial charge in [-0.05, 0) is 31.2 Å². The van der Waals surface area contributed by atoms with Crippen molar-refractivity contribution >= 4 is 33.5 Å². The predicted molar refractivity (Wildman–Crippen MR) is 96.1 cm³/mol. The van der Waals surface area contributed by atoms with E-state index in [0.717, 1.165) is 16.1 Å². The average molecular weight is 378 g/mol. The van der Waals surface area contributed by atoms with Crippen molar-refractivity contribution in [3.8, 4) is 0 Å². The standard InChI is InChI=1S/C16H20BrN5O/c1-11-20-14(10-15(21-11)22(2)3)18-8-9-19-16(23)12-4-6-13(17)7-5-12/h4-7,10H,8-9H2,1-3H3,(H,19,23)(H,18,20,21). The van der Waals surface area contributed by atoms with E-state index < -0.39 is 0 Å². The fourth-order valence-electron chi connectivity index (χ4n) is 1.94. The lowest BCUT2D eigenvalue weighted by molar-refractivity contribution is 0.0955. The Hall–Kier alpha value is -2.15. The zero-order chi connectivity index (χ0) is 16.8. The number of carbonyl (C=O) groups is 1. The van der Waals surface area contributed by atoms with Crippen molar-refractivity contribution in [2.45, 2.75) is 6.92 Å². The van der Waals surface area contributed by atoms with Gasteiger partial charge in [-0.3, -0.25) is 4.79 Å². The first-order chi connectivity index (χ1) is 11.0. The van der Waals surface area contributed by atoms with Crippen molar-refractivity contribution in [2.24, 2.45) is 0 Å². The maximum Gasteiger partial charge on any atom is 0.251 e. The fraction of sp³-hybridized carbons (Fsp3) is 0.312. The molecule has 122 valence electrons. The van der Waals surface area contributed by atoms with Gasteiger partial charge in [0.15, 0.2) is 0 Å². The van der Waals surface area contributed by atoms with Crippen LogP contribution >= 0.6 is 15.9 Å². The van der Waals surface area contributed by atoms with Gasteiger partial charge >= 0.3 is 0 Å². The molecule has 0 saturated heterocycles. The van der Waals surface area contributed by atoms with Crippen molar-refractivity contribution in [1.82, 2.24) is 15.3 Å². The van der Waals surface area contributed by atoms with Crippen LogP contribution in [-0.4, -0.2) is 43.1 Å². The van der Waals surface area contributed by atoms with Crippen LogP contribution < -0.4 is 15.5 Å². The van der Waals surface area contributed by atoms with Gasteiger partial charge in [-0.15, -0.1) is 0 Å². The van der Waals surface area contributed by atoms with Gasteiger partial charge < -0.3 is 15.5 Å². The average Bonchev–Trinajstić information content (AvgIpc) is 2.51. The van der Waals surface area contributed by atoms with Crippen LogP contribution in [0.2, 0.25) is 0 Å². The lowest BCUT2D eigenvalue weighted by Gasteiger charge is -2.14. The number of nitrogens with zero attached hydrogens (tertiary/aromatic N) is 3. The monoisotopic (exact) mass is 377 g/mol. The summed E-state index contributed by atoms with van der Waals surface area (Å²) in [4.78, 5) is 22.6. The Morgan fingerprint density at radius 1 is 1.17 bits per heavy atom. The van der Waals surface area contributed by atoms with Crippen molar-refractivity contribution in [3.63, 3.8) is 0 Å². The highest BCUT2D eigenvalue weighted by Gasteiger charge is 2.05. The Morgan fingerprint density at radius 3 is 2.52 bits per heavy atom. The van der Waals surface area contributed by atoms with Gasteiger partial charge in [0.2, 0.25) is 0 Å². The van der Waals surface area contributed by atoms with Crippen molar-refractivity contribution in [3.05, 3.63) is 46.2 Å². The smallest absolute Gasteiger partial charge is 0.251 e. The van der Waals surface area contributed by atoms with E-state index in [1.807, 2.05) is 44.1 Å². The summed E-state index contributed by atoms with van der Waals surface area (Å²) in [5, 5.41) is 6.07. The Morgan fingerprint density at radius 2 is 1.87 bits per heavy atom. The number of benzene rings is 1. The maximum absolute atomic E-state index is 12.0. The molecule has 7 heteroatoms. The number of aromatic nitrogens is 2. The number of aryl methyl sites for hydroxylation is 1. The van der Waals surface area contributed by atoms with Crippen LogP contribution in [0.25, 0.3) is 0 Å². The summed E-state index contributed by atoms with van der Waals surface area (Å²) in [5.41, 5.74) is 0.640. The quantitative estimate of drug-likeness (QED) is 0.756. The molecule has 0 fully saturated rings. The number of rotatable bonds is 6. The Kier molecular flexibility index (Phi) is 5.92. The Balaban J connectivity index is 1.83. The van der Waals surface area contributed by atoms with Crippen LogP contribution in [-0.2, 0) is 0 Å². The third-order valence-corrected chi connectivity index (χ3v) is 3.63. The highest BCUT2D eigenvalue weighted by molar-refractivity contribution is 9.10. The molecule has 1 heterocycles. The maximum atomic E-state index is 12.0. The van der Waals surface area contributed by atoms with Crippen LogP contribution in [0, 0.1) is 6.92 Å². The molecule has 0 aliphatic rings. The molecule has 2 N–H and O–H groups in total. The molecular weight excluding hydrogens is 358 g/mol. The summed E-state index contributed by atoms with van der Waals surface area (Å²) in [6.45, 7) is 2.95. The summed E-state index contributed by atoms with van der Waals surface area (Å²) in [6, 6.07) is 9.14. The molecule has 0 saturated carbocycles. The summed E-state index contributed by atoms with van der Waals surface area (Å²) in [6.07, 6.45) is 0. The van der Waals surface area contributed by atoms with Gasteiger partial charge in [-0.1, -0.05) is 15.9 Å². The third-order valence-electron chi connectivity index (χ3n) is 3.11. The van der Waals surface area contributed by atoms with Crippen LogP contribution in [0.1, 0.15) is 16.2 Å². The molecule has 2 rings (SSSR count). The minimum atomic E-state index is -0.0906. The molecule has 1 aromatic carbocycles. The summed E-state index contributed by atoms with van der Waals surface area (Å²) in [7, 11) is 3.87. The van der Waals surface area contributed by atoms with E-state index in [1.165, 1.54) is 0 Å². The first-order valence-corrected chi connectivity index (χ1v) is 8.05. The van der Waals surface area contributed by atoms with Gasteiger partial charge in [0.05, 0.1) is 0 Å². The topological polar surface area (TPSA) is 70.2 Å². The molecule has 0 aliphatic carbocycles. The lowest BCUT2D eigenvalue weighted by Crippen LogP contribution is -2.29. The summed E-state index contributed by atoms with van der Waals surface area (Å²) < 4.78 is 0.951. The predicted octanol–water partition coefficient (Wildman–Crippen LogP) is 2.46. The molecule has 0 radical (unpaired) electrons. The first-order valence-electron chi connectivity index (χ1n) is 7.26. The molecule has 6 nitrogen and oxygen atoms in total. The van der Waals surface area contributed by atoms with Gasteiger partial charge in [0.1, 0.15) is 17.5 Å². The molecule has 1 amide bonds. The minimum Gasteiger partial charge on any atom is -0.368 e. The van der Waals surface area contributed by atoms with E-state index >= 15 is 0 Å². The highest BCUT2D eigenvalue weighted by atomic mass is 79.9. The van der Waals surface area contributed by atoms with Crippen LogP contribution in [0.3, 0.4) is 0 Å². The zero-order valence-electron chi connectivity index (χ0n) is 13.4. The van der Waals surface area contributed by atoms with Crippen LogP contribution in [0.15, 0.2) is 34.8 Å². The van der Waals surface area contributed by atoms with E-state index in [-0.39, 0.29) is 5.91 Å². The SMILES string of the molecule is Cc1nc(NCCNC(=O)c2ccc(Br)cc2)cc(N(C)C)n1. The molecular formula is C16H20BrN5O. The Bertz CT molecular complexity index is 673. The van der Waals surface area contributed by atoms with Gasteiger partial charge in [0, 0.05) is 43.3 Å². The number of amides is 1. The van der Waals surface area contributed by atoms with E-state index in [1.54, 1.807) is 12.1 Å². The molecule has 1 aromatic heterocycles. The number of halogens is 1. The highest BCUT2D eigenvalue weighted by Crippen LogP contribution is 2.13. The van der Waals surface area contributed by atoms with E-state index in [0.29, 0.717) is 24.5 Å². The first kappa shape index (κ1) is 17.2. The van der Waals surface area contributed by atoms with Gasteiger partial charge in [-0.2, -0.15) is 0 Å². The molecule has 2 aromatic rings. The molecule has 0 atom stereocenters. The van der Waals surface area contributed by atoms with Gasteiger partial charge in [-0.25, -0.2) is 9.97 Å². The number of nitrogens with one attached hydrogen (secondary N) is 2. The fourth-order valence-corrected chi connectivity index (χ4v) is 2.21. The summed E-state index contributed by atoms with van der Waals surface area (Å²) >= 11 is 3.35. The molecule has 0 aliphatic heterocycles. The van der Waals surface area contributed by atoms with Gasteiger partial charge in [0.25, 0.3) is 5.91 Å². The van der Waals surface area contributed by atoms with Crippen LogP contribution in [0.5, 0.6) is 0 Å². The van der Waals surface area contributed by atoms with E-state index in [4.69, 9.17) is 0 Å². The van der Waals surface area contributed by atoms with Crippen molar-refractivity contribution in [2.75, 3.05) is 37.4 Å². The number of carbonyl (C=O) groups excluding carboxylic acids is 1. The molecule has 0 spiro atoms. The molecule has 23 heavy (non-hydrogen) atoms. The van der Waals surface area contributed by atoms with E-state index in [2.05, 4.69) is 36.5 Å². The molecule has 0 unspecified atom stereocenters. The Labute approximate surface area is 144 Å². The molecule has 0 bridgehead atoms. The second-order valence-electron chi connectivity index (χ2n) is 5.24. The second-order valence-corrected chi connectivity index (χ2v) is 6.16. The van der Waals surface area contributed by atoms with Crippen LogP contribution in [0.4, 0.5) is 11.6 Å². The zero-order valence-corrected chi connectivity index (χ0v) is 15.0. The normalized spacial score (nSPS) is 10.3. The third kappa shape index (κ3) is 5.21. The largest absolute Gasteiger partial charge is 0.368 e. The number of hydrogen-bond acceptors (Lipinski definition) is 5. The number of hydrogen-bond donors (Lipinski definition) is 2. The summed E-state index contributed by atoms with van der Waals surface area (Å²) in [5.74, 6) is 2.21. The second kappa shape index (κ2) is 7.92. The lowest BCUT2D eigenvalue weighted by atomic mass is 10.2. The van der Waals surface area contributed by atoms with Crippen molar-refractivity contribution < 1.29 is 4.79 Å². The number of anilines is 2. The van der Waals surface area contributed by atoms with Crippen molar-refractivity contribution in [1.29, 1.82) is 0 Å². The van der Waals surface area contributed by atoms with E-state index in [9.17, 15) is 4.79 Å².